The normalized spacial score (nSPS) is 11.7. The van der Waals surface area contributed by atoms with Crippen molar-refractivity contribution in [2.24, 2.45) is 0 Å². The van der Waals surface area contributed by atoms with E-state index < -0.39 is 0 Å². The van der Waals surface area contributed by atoms with E-state index in [0.717, 1.165) is 12.8 Å². The van der Waals surface area contributed by atoms with Gasteiger partial charge >= 0.3 is 0 Å². The van der Waals surface area contributed by atoms with E-state index in [2.05, 4.69) is 86.6 Å². The summed E-state index contributed by atoms with van der Waals surface area (Å²) in [6, 6.07) is 26.4. The van der Waals surface area contributed by atoms with Crippen LogP contribution in [0, 0.1) is 0 Å². The maximum absolute atomic E-state index is 2.31. The molecule has 0 fully saturated rings. The summed E-state index contributed by atoms with van der Waals surface area (Å²) in [7, 11) is 0. The van der Waals surface area contributed by atoms with Crippen LogP contribution < -0.4 is 0 Å². The molecular weight excluding hydrogens is 252 g/mol. The fourth-order valence-corrected chi connectivity index (χ4v) is 3.59. The summed E-state index contributed by atoms with van der Waals surface area (Å²) in [6.45, 7) is 4.61. The van der Waals surface area contributed by atoms with Crippen molar-refractivity contribution in [1.82, 2.24) is 0 Å². The van der Waals surface area contributed by atoms with Crippen LogP contribution >= 0.6 is 0 Å². The van der Waals surface area contributed by atoms with Gasteiger partial charge in [-0.15, -0.1) is 0 Å². The molecule has 0 aliphatic carbocycles. The van der Waals surface area contributed by atoms with Crippen molar-refractivity contribution in [1.29, 1.82) is 0 Å². The molecule has 0 aromatic heterocycles. The second kappa shape index (κ2) is 5.73. The topological polar surface area (TPSA) is 0 Å². The van der Waals surface area contributed by atoms with Crippen molar-refractivity contribution < 1.29 is 0 Å². The second-order valence-corrected chi connectivity index (χ2v) is 5.68. The van der Waals surface area contributed by atoms with Crippen LogP contribution in [0.25, 0.3) is 10.8 Å². The standard InChI is InChI=1S/C21H22/c1-3-21(4-2,18-13-6-5-7-14-18)20-16-10-12-17-11-8-9-15-19(17)20/h5-16H,3-4H2,1-2H3. The molecule has 0 N–H and O–H groups in total. The van der Waals surface area contributed by atoms with E-state index >= 15 is 0 Å². The Morgan fingerprint density at radius 1 is 0.667 bits per heavy atom. The van der Waals surface area contributed by atoms with Gasteiger partial charge in [-0.05, 0) is 34.7 Å². The van der Waals surface area contributed by atoms with Gasteiger partial charge in [0.05, 0.1) is 0 Å². The molecule has 0 heteroatoms. The average molecular weight is 274 g/mol. The largest absolute Gasteiger partial charge is 0.0642 e. The lowest BCUT2D eigenvalue weighted by molar-refractivity contribution is 0.482. The molecule has 3 aromatic carbocycles. The highest BCUT2D eigenvalue weighted by Crippen LogP contribution is 2.41. The minimum atomic E-state index is 0.0993. The van der Waals surface area contributed by atoms with E-state index in [4.69, 9.17) is 0 Å². The minimum absolute atomic E-state index is 0.0993. The maximum atomic E-state index is 2.31. The van der Waals surface area contributed by atoms with Crippen LogP contribution in [0.2, 0.25) is 0 Å². The lowest BCUT2D eigenvalue weighted by Gasteiger charge is -2.34. The zero-order chi connectivity index (χ0) is 14.7. The molecule has 0 saturated carbocycles. The summed E-state index contributed by atoms with van der Waals surface area (Å²) in [5, 5.41) is 2.71. The number of benzene rings is 3. The van der Waals surface area contributed by atoms with E-state index in [-0.39, 0.29) is 5.41 Å². The Labute approximate surface area is 127 Å². The molecule has 0 bridgehead atoms. The Kier molecular flexibility index (Phi) is 3.79. The fraction of sp³-hybridized carbons (Fsp3) is 0.238. The first-order valence-corrected chi connectivity index (χ1v) is 7.85. The molecule has 0 aliphatic rings. The van der Waals surface area contributed by atoms with E-state index in [0.29, 0.717) is 0 Å². The summed E-state index contributed by atoms with van der Waals surface area (Å²) in [6.07, 6.45) is 2.23. The summed E-state index contributed by atoms with van der Waals surface area (Å²) in [4.78, 5) is 0. The van der Waals surface area contributed by atoms with Crippen LogP contribution in [-0.4, -0.2) is 0 Å². The Hall–Kier alpha value is -2.08. The first kappa shape index (κ1) is 13.9. The van der Waals surface area contributed by atoms with Crippen LogP contribution in [0.3, 0.4) is 0 Å². The molecule has 106 valence electrons. The highest BCUT2D eigenvalue weighted by atomic mass is 14.3. The predicted molar refractivity (Wildman–Crippen MR) is 91.8 cm³/mol. The molecule has 0 atom stereocenters. The van der Waals surface area contributed by atoms with Crippen molar-refractivity contribution in [3.05, 3.63) is 83.9 Å². The van der Waals surface area contributed by atoms with Gasteiger partial charge in [0.25, 0.3) is 0 Å². The highest BCUT2D eigenvalue weighted by molar-refractivity contribution is 5.87. The van der Waals surface area contributed by atoms with Gasteiger partial charge in [-0.1, -0.05) is 86.6 Å². The Morgan fingerprint density at radius 3 is 2.00 bits per heavy atom. The van der Waals surface area contributed by atoms with Crippen LogP contribution in [0.1, 0.15) is 37.8 Å². The van der Waals surface area contributed by atoms with Crippen molar-refractivity contribution >= 4 is 10.8 Å². The number of rotatable bonds is 4. The third kappa shape index (κ3) is 2.25. The fourth-order valence-electron chi connectivity index (χ4n) is 3.59. The van der Waals surface area contributed by atoms with Gasteiger partial charge in [0.2, 0.25) is 0 Å². The van der Waals surface area contributed by atoms with Gasteiger partial charge in [0, 0.05) is 5.41 Å². The highest BCUT2D eigenvalue weighted by Gasteiger charge is 2.31. The van der Waals surface area contributed by atoms with Crippen molar-refractivity contribution in [2.45, 2.75) is 32.1 Å². The predicted octanol–water partition coefficient (Wildman–Crippen LogP) is 5.95. The molecule has 0 radical (unpaired) electrons. The first-order chi connectivity index (χ1) is 10.3. The molecule has 0 aliphatic heterocycles. The number of hydrogen-bond donors (Lipinski definition) is 0. The molecule has 3 rings (SSSR count). The summed E-state index contributed by atoms with van der Waals surface area (Å²) < 4.78 is 0. The molecule has 0 nitrogen and oxygen atoms in total. The molecule has 0 saturated heterocycles. The average Bonchev–Trinajstić information content (AvgIpc) is 2.58. The zero-order valence-corrected chi connectivity index (χ0v) is 12.8. The molecule has 0 amide bonds. The smallest absolute Gasteiger partial charge is 0.0203 e. The Morgan fingerprint density at radius 2 is 1.29 bits per heavy atom. The number of fused-ring (bicyclic) bond motifs is 1. The SMILES string of the molecule is CCC(CC)(c1ccccc1)c1cccc2ccccc12. The van der Waals surface area contributed by atoms with Crippen molar-refractivity contribution in [3.8, 4) is 0 Å². The summed E-state index contributed by atoms with van der Waals surface area (Å²) >= 11 is 0. The third-order valence-corrected chi connectivity index (χ3v) is 4.84. The van der Waals surface area contributed by atoms with Crippen LogP contribution in [0.4, 0.5) is 0 Å². The van der Waals surface area contributed by atoms with E-state index in [1.54, 1.807) is 0 Å². The monoisotopic (exact) mass is 274 g/mol. The van der Waals surface area contributed by atoms with Gasteiger partial charge < -0.3 is 0 Å². The van der Waals surface area contributed by atoms with Crippen LogP contribution in [0.5, 0.6) is 0 Å². The molecule has 0 spiro atoms. The van der Waals surface area contributed by atoms with E-state index in [1.807, 2.05) is 0 Å². The van der Waals surface area contributed by atoms with Gasteiger partial charge in [0.1, 0.15) is 0 Å². The second-order valence-electron chi connectivity index (χ2n) is 5.68. The van der Waals surface area contributed by atoms with Gasteiger partial charge in [-0.25, -0.2) is 0 Å². The summed E-state index contributed by atoms with van der Waals surface area (Å²) in [5.74, 6) is 0. The van der Waals surface area contributed by atoms with Gasteiger partial charge in [0.15, 0.2) is 0 Å². The van der Waals surface area contributed by atoms with Gasteiger partial charge in [-0.3, -0.25) is 0 Å². The zero-order valence-electron chi connectivity index (χ0n) is 12.8. The quantitative estimate of drug-likeness (QED) is 0.552. The lowest BCUT2D eigenvalue weighted by Crippen LogP contribution is -2.26. The van der Waals surface area contributed by atoms with Crippen molar-refractivity contribution in [2.75, 3.05) is 0 Å². The molecule has 0 unspecified atom stereocenters. The van der Waals surface area contributed by atoms with Gasteiger partial charge in [-0.2, -0.15) is 0 Å². The van der Waals surface area contributed by atoms with Crippen molar-refractivity contribution in [3.63, 3.8) is 0 Å². The van der Waals surface area contributed by atoms with E-state index in [1.165, 1.54) is 21.9 Å². The summed E-state index contributed by atoms with van der Waals surface area (Å²) in [5.41, 5.74) is 2.98. The Bertz CT molecular complexity index is 716. The van der Waals surface area contributed by atoms with Crippen LogP contribution in [-0.2, 0) is 5.41 Å². The third-order valence-electron chi connectivity index (χ3n) is 4.84. The minimum Gasteiger partial charge on any atom is -0.0642 e. The first-order valence-electron chi connectivity index (χ1n) is 7.85. The van der Waals surface area contributed by atoms with E-state index in [9.17, 15) is 0 Å². The number of hydrogen-bond acceptors (Lipinski definition) is 0. The molecule has 0 heterocycles. The van der Waals surface area contributed by atoms with Crippen LogP contribution in [0.15, 0.2) is 72.8 Å². The Balaban J connectivity index is 2.30. The molecule has 21 heavy (non-hydrogen) atoms. The molecule has 3 aromatic rings. The maximum Gasteiger partial charge on any atom is 0.0203 e. The lowest BCUT2D eigenvalue weighted by atomic mass is 9.69. The molecular formula is C21H22.